The number of amides is 1. The standard InChI is InChI=1S/C17H23N5O2/c1-21(17-14-3-4-18-16(14)19-10-20-17)13-5-11-7-22(8-12(11)6-13)15(23)9-24-2/h3-4,10-13H,5-9H2,1-2H3,(H,18,19,20)/t11-,12+,13-. The smallest absolute Gasteiger partial charge is 0.248 e. The first-order valence-electron chi connectivity index (χ1n) is 8.45. The van der Waals surface area contributed by atoms with Gasteiger partial charge in [-0.05, 0) is 30.7 Å². The molecule has 1 amide bonds. The third-order valence-electron chi connectivity index (χ3n) is 5.56. The molecule has 0 unspecified atom stereocenters. The van der Waals surface area contributed by atoms with Gasteiger partial charge >= 0.3 is 0 Å². The number of hydrogen-bond donors (Lipinski definition) is 1. The summed E-state index contributed by atoms with van der Waals surface area (Å²) in [5, 5.41) is 1.06. The van der Waals surface area contributed by atoms with Gasteiger partial charge in [-0.1, -0.05) is 0 Å². The van der Waals surface area contributed by atoms with Crippen LogP contribution in [0.25, 0.3) is 11.0 Å². The molecule has 3 heterocycles. The molecule has 3 atom stereocenters. The SMILES string of the molecule is COCC(=O)N1C[C@H]2C[C@@H](N(C)c3ncnc4[nH]ccc34)C[C@H]2C1. The van der Waals surface area contributed by atoms with Crippen LogP contribution >= 0.6 is 0 Å². The van der Waals surface area contributed by atoms with Gasteiger partial charge in [-0.2, -0.15) is 0 Å². The normalized spacial score (nSPS) is 26.1. The predicted octanol–water partition coefficient (Wildman–Crippen LogP) is 1.28. The first kappa shape index (κ1) is 15.4. The van der Waals surface area contributed by atoms with Crippen LogP contribution in [0.1, 0.15) is 12.8 Å². The molecule has 24 heavy (non-hydrogen) atoms. The second-order valence-electron chi connectivity index (χ2n) is 6.93. The van der Waals surface area contributed by atoms with Gasteiger partial charge in [-0.25, -0.2) is 9.97 Å². The summed E-state index contributed by atoms with van der Waals surface area (Å²) in [6, 6.07) is 2.50. The molecule has 2 aromatic heterocycles. The van der Waals surface area contributed by atoms with Crippen LogP contribution in [-0.2, 0) is 9.53 Å². The molecule has 2 fully saturated rings. The molecular weight excluding hydrogens is 306 g/mol. The Morgan fingerprint density at radius 3 is 2.83 bits per heavy atom. The fourth-order valence-corrected chi connectivity index (χ4v) is 4.32. The highest BCUT2D eigenvalue weighted by molar-refractivity contribution is 5.87. The van der Waals surface area contributed by atoms with Crippen molar-refractivity contribution < 1.29 is 9.53 Å². The molecule has 7 heteroatoms. The highest BCUT2D eigenvalue weighted by atomic mass is 16.5. The highest BCUT2D eigenvalue weighted by Crippen LogP contribution is 2.41. The molecule has 1 saturated carbocycles. The zero-order valence-electron chi connectivity index (χ0n) is 14.1. The van der Waals surface area contributed by atoms with Crippen molar-refractivity contribution in [2.24, 2.45) is 11.8 Å². The lowest BCUT2D eigenvalue weighted by Crippen LogP contribution is -2.35. The van der Waals surface area contributed by atoms with Crippen LogP contribution in [0.5, 0.6) is 0 Å². The number of aromatic amines is 1. The van der Waals surface area contributed by atoms with E-state index >= 15 is 0 Å². The number of nitrogens with zero attached hydrogens (tertiary/aromatic N) is 4. The number of carbonyl (C=O) groups is 1. The number of methoxy groups -OCH3 is 1. The van der Waals surface area contributed by atoms with Gasteiger partial charge in [0.25, 0.3) is 0 Å². The average molecular weight is 329 g/mol. The molecule has 2 aromatic rings. The first-order chi connectivity index (χ1) is 11.7. The highest BCUT2D eigenvalue weighted by Gasteiger charge is 2.43. The van der Waals surface area contributed by atoms with Crippen LogP contribution < -0.4 is 4.90 Å². The number of ether oxygens (including phenoxy) is 1. The van der Waals surface area contributed by atoms with Crippen LogP contribution in [0, 0.1) is 11.8 Å². The van der Waals surface area contributed by atoms with Gasteiger partial charge in [0.15, 0.2) is 0 Å². The Bertz CT molecular complexity index is 731. The minimum absolute atomic E-state index is 0.113. The molecular formula is C17H23N5O2. The summed E-state index contributed by atoms with van der Waals surface area (Å²) in [6.45, 7) is 1.91. The number of carbonyl (C=O) groups excluding carboxylic acids is 1. The van der Waals surface area contributed by atoms with Gasteiger partial charge in [-0.3, -0.25) is 4.79 Å². The second-order valence-corrected chi connectivity index (χ2v) is 6.93. The van der Waals surface area contributed by atoms with E-state index in [0.717, 1.165) is 42.8 Å². The molecule has 1 saturated heterocycles. The monoisotopic (exact) mass is 329 g/mol. The van der Waals surface area contributed by atoms with Crippen molar-refractivity contribution >= 4 is 22.8 Å². The molecule has 4 rings (SSSR count). The fraction of sp³-hybridized carbons (Fsp3) is 0.588. The molecule has 1 aliphatic carbocycles. The van der Waals surface area contributed by atoms with Gasteiger partial charge in [0.1, 0.15) is 24.4 Å². The minimum Gasteiger partial charge on any atom is -0.375 e. The number of nitrogens with one attached hydrogen (secondary N) is 1. The Labute approximate surface area is 141 Å². The quantitative estimate of drug-likeness (QED) is 0.914. The van der Waals surface area contributed by atoms with Gasteiger partial charge in [0.05, 0.1) is 5.39 Å². The topological polar surface area (TPSA) is 74.3 Å². The molecule has 0 bridgehead atoms. The summed E-state index contributed by atoms with van der Waals surface area (Å²) >= 11 is 0. The van der Waals surface area contributed by atoms with E-state index in [1.807, 2.05) is 17.2 Å². The molecule has 0 spiro atoms. The predicted molar refractivity (Wildman–Crippen MR) is 90.7 cm³/mol. The third-order valence-corrected chi connectivity index (χ3v) is 5.56. The summed E-state index contributed by atoms with van der Waals surface area (Å²) in [4.78, 5) is 28.2. The lowest BCUT2D eigenvalue weighted by Gasteiger charge is -2.28. The summed E-state index contributed by atoms with van der Waals surface area (Å²) in [6.07, 6.45) is 5.73. The Morgan fingerprint density at radius 2 is 2.12 bits per heavy atom. The minimum atomic E-state index is 0.113. The number of likely N-dealkylation sites (tertiary alicyclic amines) is 1. The van der Waals surface area contributed by atoms with Crippen molar-refractivity contribution in [3.63, 3.8) is 0 Å². The maximum atomic E-state index is 12.0. The van der Waals surface area contributed by atoms with Crippen molar-refractivity contribution in [1.29, 1.82) is 0 Å². The van der Waals surface area contributed by atoms with E-state index in [2.05, 4.69) is 26.9 Å². The summed E-state index contributed by atoms with van der Waals surface area (Å²) in [5.74, 6) is 2.27. The summed E-state index contributed by atoms with van der Waals surface area (Å²) < 4.78 is 4.97. The van der Waals surface area contributed by atoms with Crippen molar-refractivity contribution in [1.82, 2.24) is 19.9 Å². The largest absolute Gasteiger partial charge is 0.375 e. The number of anilines is 1. The van der Waals surface area contributed by atoms with E-state index in [0.29, 0.717) is 17.9 Å². The van der Waals surface area contributed by atoms with Crippen LogP contribution in [0.2, 0.25) is 0 Å². The van der Waals surface area contributed by atoms with Crippen molar-refractivity contribution in [2.75, 3.05) is 38.8 Å². The molecule has 128 valence electrons. The van der Waals surface area contributed by atoms with Gasteiger partial charge in [0, 0.05) is 39.5 Å². The van der Waals surface area contributed by atoms with Crippen LogP contribution in [0.15, 0.2) is 18.6 Å². The van der Waals surface area contributed by atoms with Crippen molar-refractivity contribution in [2.45, 2.75) is 18.9 Å². The van der Waals surface area contributed by atoms with Crippen molar-refractivity contribution in [3.8, 4) is 0 Å². The van der Waals surface area contributed by atoms with E-state index in [1.54, 1.807) is 13.4 Å². The lowest BCUT2D eigenvalue weighted by molar-refractivity contribution is -0.134. The summed E-state index contributed by atoms with van der Waals surface area (Å²) in [5.41, 5.74) is 0.876. The zero-order chi connectivity index (χ0) is 16.7. The first-order valence-corrected chi connectivity index (χ1v) is 8.45. The molecule has 0 aromatic carbocycles. The Balaban J connectivity index is 1.45. The maximum absolute atomic E-state index is 12.0. The average Bonchev–Trinajstić information content (AvgIpc) is 3.27. The van der Waals surface area contributed by atoms with Gasteiger partial charge < -0.3 is 19.5 Å². The fourth-order valence-electron chi connectivity index (χ4n) is 4.32. The lowest BCUT2D eigenvalue weighted by atomic mass is 10.0. The van der Waals surface area contributed by atoms with E-state index in [9.17, 15) is 4.79 Å². The number of rotatable bonds is 4. The Morgan fingerprint density at radius 1 is 1.38 bits per heavy atom. The number of fused-ring (bicyclic) bond motifs is 2. The zero-order valence-corrected chi connectivity index (χ0v) is 14.1. The number of H-pyrrole nitrogens is 1. The van der Waals surface area contributed by atoms with Gasteiger partial charge in [0.2, 0.25) is 5.91 Å². The van der Waals surface area contributed by atoms with E-state index in [1.165, 1.54) is 0 Å². The Kier molecular flexibility index (Phi) is 3.88. The Hall–Kier alpha value is -2.15. The van der Waals surface area contributed by atoms with E-state index < -0.39 is 0 Å². The summed E-state index contributed by atoms with van der Waals surface area (Å²) in [7, 11) is 3.69. The van der Waals surface area contributed by atoms with Crippen LogP contribution in [0.3, 0.4) is 0 Å². The molecule has 0 radical (unpaired) electrons. The van der Waals surface area contributed by atoms with E-state index in [-0.39, 0.29) is 12.5 Å². The van der Waals surface area contributed by atoms with Crippen molar-refractivity contribution in [3.05, 3.63) is 18.6 Å². The molecule has 2 aliphatic rings. The number of hydrogen-bond acceptors (Lipinski definition) is 5. The van der Waals surface area contributed by atoms with Crippen LogP contribution in [-0.4, -0.2) is 65.7 Å². The molecule has 7 nitrogen and oxygen atoms in total. The molecule has 1 N–H and O–H groups in total. The van der Waals surface area contributed by atoms with E-state index in [4.69, 9.17) is 4.74 Å². The molecule has 1 aliphatic heterocycles. The van der Waals surface area contributed by atoms with Crippen LogP contribution in [0.4, 0.5) is 5.82 Å². The number of aromatic nitrogens is 3. The van der Waals surface area contributed by atoms with Gasteiger partial charge in [-0.15, -0.1) is 0 Å². The maximum Gasteiger partial charge on any atom is 0.248 e. The second kappa shape index (κ2) is 6.05. The third kappa shape index (κ3) is 2.53.